The van der Waals surface area contributed by atoms with Gasteiger partial charge in [-0.3, -0.25) is 0 Å². The van der Waals surface area contributed by atoms with E-state index in [1.165, 1.54) is 17.4 Å². The molecule has 0 aliphatic heterocycles. The van der Waals surface area contributed by atoms with E-state index < -0.39 is 5.82 Å². The first-order valence-electron chi connectivity index (χ1n) is 5.99. The van der Waals surface area contributed by atoms with E-state index >= 15 is 0 Å². The molecule has 0 fully saturated rings. The van der Waals surface area contributed by atoms with Gasteiger partial charge >= 0.3 is 0 Å². The maximum atomic E-state index is 14.0. The molecule has 2 N–H and O–H groups in total. The number of rotatable bonds is 2. The Kier molecular flexibility index (Phi) is 3.95. The molecular weight excluding hydrogens is 283 g/mol. The third-order valence-corrected chi connectivity index (χ3v) is 4.18. The Morgan fingerprint density at radius 3 is 2.58 bits per heavy atom. The first kappa shape index (κ1) is 14.4. The monoisotopic (exact) mass is 298 g/mol. The minimum absolute atomic E-state index is 0.110. The van der Waals surface area contributed by atoms with Crippen LogP contribution >= 0.6 is 22.9 Å². The molecule has 0 aliphatic rings. The molecule has 2 nitrogen and oxygen atoms in total. The molecule has 1 aromatic heterocycles. The van der Waals surface area contributed by atoms with Gasteiger partial charge in [0.15, 0.2) is 5.82 Å². The molecule has 0 saturated heterocycles. The first-order chi connectivity index (χ1) is 8.84. The van der Waals surface area contributed by atoms with E-state index in [1.54, 1.807) is 12.1 Å². The van der Waals surface area contributed by atoms with Gasteiger partial charge in [0, 0.05) is 22.4 Å². The summed E-state index contributed by atoms with van der Waals surface area (Å²) in [5.74, 6) is -0.429. The van der Waals surface area contributed by atoms with Crippen LogP contribution in [-0.2, 0) is 12.0 Å². The summed E-state index contributed by atoms with van der Waals surface area (Å²) in [7, 11) is 0. The van der Waals surface area contributed by atoms with Crippen molar-refractivity contribution in [2.24, 2.45) is 5.73 Å². The van der Waals surface area contributed by atoms with Gasteiger partial charge in [0.25, 0.3) is 0 Å². The molecule has 19 heavy (non-hydrogen) atoms. The van der Waals surface area contributed by atoms with Gasteiger partial charge in [-0.05, 0) is 12.1 Å². The van der Waals surface area contributed by atoms with Crippen molar-refractivity contribution in [3.05, 3.63) is 39.6 Å². The molecule has 2 aromatic rings. The summed E-state index contributed by atoms with van der Waals surface area (Å²) in [4.78, 5) is 5.55. The highest BCUT2D eigenvalue weighted by Crippen LogP contribution is 2.36. The van der Waals surface area contributed by atoms with E-state index in [0.717, 1.165) is 10.6 Å². The lowest BCUT2D eigenvalue weighted by Gasteiger charge is -2.16. The number of thiazole rings is 1. The Morgan fingerprint density at radius 1 is 1.37 bits per heavy atom. The van der Waals surface area contributed by atoms with Crippen LogP contribution in [0.2, 0.25) is 5.02 Å². The van der Waals surface area contributed by atoms with Crippen LogP contribution in [0.4, 0.5) is 4.39 Å². The maximum Gasteiger partial charge on any atom is 0.152 e. The van der Waals surface area contributed by atoms with Crippen molar-refractivity contribution < 1.29 is 4.39 Å². The average Bonchev–Trinajstić information content (AvgIpc) is 2.76. The zero-order chi connectivity index (χ0) is 14.2. The Bertz CT molecular complexity index is 602. The van der Waals surface area contributed by atoms with Gasteiger partial charge in [-0.2, -0.15) is 0 Å². The van der Waals surface area contributed by atoms with E-state index in [9.17, 15) is 4.39 Å². The highest BCUT2D eigenvalue weighted by atomic mass is 35.5. The Labute approximate surface area is 121 Å². The van der Waals surface area contributed by atoms with E-state index in [2.05, 4.69) is 25.8 Å². The fourth-order valence-electron chi connectivity index (χ4n) is 1.86. The SMILES string of the molecule is CC(C)(C)c1nc(-c2cccc(Cl)c2F)sc1CN. The first-order valence-corrected chi connectivity index (χ1v) is 7.18. The number of aromatic nitrogens is 1. The minimum atomic E-state index is -0.429. The largest absolute Gasteiger partial charge is 0.326 e. The predicted molar refractivity (Wildman–Crippen MR) is 79.1 cm³/mol. The predicted octanol–water partition coefficient (Wildman–Crippen LogP) is 4.36. The van der Waals surface area contributed by atoms with Gasteiger partial charge in [0.2, 0.25) is 0 Å². The summed E-state index contributed by atoms with van der Waals surface area (Å²) in [5.41, 5.74) is 7.00. The van der Waals surface area contributed by atoms with Gasteiger partial charge in [-0.1, -0.05) is 38.4 Å². The molecule has 102 valence electrons. The topological polar surface area (TPSA) is 38.9 Å². The number of hydrogen-bond acceptors (Lipinski definition) is 3. The van der Waals surface area contributed by atoms with E-state index in [-0.39, 0.29) is 10.4 Å². The van der Waals surface area contributed by atoms with Crippen molar-refractivity contribution in [3.63, 3.8) is 0 Å². The summed E-state index contributed by atoms with van der Waals surface area (Å²) in [6.07, 6.45) is 0. The molecule has 0 unspecified atom stereocenters. The van der Waals surface area contributed by atoms with Crippen LogP contribution in [0.1, 0.15) is 31.3 Å². The Balaban J connectivity index is 2.58. The van der Waals surface area contributed by atoms with Crippen LogP contribution < -0.4 is 5.73 Å². The highest BCUT2D eigenvalue weighted by Gasteiger charge is 2.24. The third-order valence-electron chi connectivity index (χ3n) is 2.78. The molecule has 0 amide bonds. The van der Waals surface area contributed by atoms with Gasteiger partial charge in [-0.15, -0.1) is 11.3 Å². The van der Waals surface area contributed by atoms with E-state index in [0.29, 0.717) is 17.1 Å². The van der Waals surface area contributed by atoms with Crippen molar-refractivity contribution in [1.29, 1.82) is 0 Å². The zero-order valence-electron chi connectivity index (χ0n) is 11.1. The third kappa shape index (κ3) is 2.81. The normalized spacial score (nSPS) is 11.9. The van der Waals surface area contributed by atoms with E-state index in [4.69, 9.17) is 17.3 Å². The second kappa shape index (κ2) is 5.19. The summed E-state index contributed by atoms with van der Waals surface area (Å²) < 4.78 is 14.0. The van der Waals surface area contributed by atoms with Gasteiger partial charge in [-0.25, -0.2) is 9.37 Å². The quantitative estimate of drug-likeness (QED) is 0.894. The molecule has 1 heterocycles. The van der Waals surface area contributed by atoms with Gasteiger partial charge < -0.3 is 5.73 Å². The molecule has 0 bridgehead atoms. The van der Waals surface area contributed by atoms with E-state index in [1.807, 2.05) is 0 Å². The molecular formula is C14H16ClFN2S. The van der Waals surface area contributed by atoms with Crippen molar-refractivity contribution in [1.82, 2.24) is 4.98 Å². The fraction of sp³-hybridized carbons (Fsp3) is 0.357. The Hall–Kier alpha value is -0.970. The molecule has 2 rings (SSSR count). The Morgan fingerprint density at radius 2 is 2.05 bits per heavy atom. The number of nitrogens with two attached hydrogens (primary N) is 1. The van der Waals surface area contributed by atoms with Crippen molar-refractivity contribution in [2.45, 2.75) is 32.7 Å². The molecule has 0 radical (unpaired) electrons. The number of hydrogen-bond donors (Lipinski definition) is 1. The molecule has 0 saturated carbocycles. The second-order valence-corrected chi connectivity index (χ2v) is 6.84. The number of benzene rings is 1. The highest BCUT2D eigenvalue weighted by molar-refractivity contribution is 7.15. The smallest absolute Gasteiger partial charge is 0.152 e. The summed E-state index contributed by atoms with van der Waals surface area (Å²) in [5, 5.41) is 0.740. The average molecular weight is 299 g/mol. The number of halogens is 2. The molecule has 1 aromatic carbocycles. The van der Waals surface area contributed by atoms with Crippen LogP contribution in [0.5, 0.6) is 0 Å². The van der Waals surface area contributed by atoms with Crippen LogP contribution in [0.25, 0.3) is 10.6 Å². The zero-order valence-corrected chi connectivity index (χ0v) is 12.7. The lowest BCUT2D eigenvalue weighted by Crippen LogP contribution is -2.15. The molecule has 0 aliphatic carbocycles. The summed E-state index contributed by atoms with van der Waals surface area (Å²) in [6, 6.07) is 4.94. The molecule has 0 spiro atoms. The van der Waals surface area contributed by atoms with Gasteiger partial charge in [0.05, 0.1) is 10.7 Å². The summed E-state index contributed by atoms with van der Waals surface area (Å²) in [6.45, 7) is 6.62. The van der Waals surface area contributed by atoms with Gasteiger partial charge in [0.1, 0.15) is 5.01 Å². The molecule has 0 atom stereocenters. The standard InChI is InChI=1S/C14H16ClFN2S/c1-14(2,3)12-10(7-17)19-13(18-12)8-5-4-6-9(15)11(8)16/h4-6H,7,17H2,1-3H3. The van der Waals surface area contributed by atoms with Crippen LogP contribution in [0.15, 0.2) is 18.2 Å². The number of nitrogens with zero attached hydrogens (tertiary/aromatic N) is 1. The lowest BCUT2D eigenvalue weighted by molar-refractivity contribution is 0.566. The van der Waals surface area contributed by atoms with Crippen LogP contribution in [0.3, 0.4) is 0 Å². The van der Waals surface area contributed by atoms with Crippen LogP contribution in [-0.4, -0.2) is 4.98 Å². The van der Waals surface area contributed by atoms with Crippen molar-refractivity contribution in [2.75, 3.05) is 0 Å². The van der Waals surface area contributed by atoms with Crippen molar-refractivity contribution in [3.8, 4) is 10.6 Å². The van der Waals surface area contributed by atoms with Crippen molar-refractivity contribution >= 4 is 22.9 Å². The second-order valence-electron chi connectivity index (χ2n) is 5.35. The maximum absolute atomic E-state index is 14.0. The molecule has 5 heteroatoms. The van der Waals surface area contributed by atoms with Crippen LogP contribution in [0, 0.1) is 5.82 Å². The lowest BCUT2D eigenvalue weighted by atomic mass is 9.91. The minimum Gasteiger partial charge on any atom is -0.326 e. The fourth-order valence-corrected chi connectivity index (χ4v) is 3.20. The summed E-state index contributed by atoms with van der Waals surface area (Å²) >= 11 is 7.24.